The zero-order chi connectivity index (χ0) is 8.93. The first-order valence-corrected chi connectivity index (χ1v) is 5.05. The Balaban J connectivity index is 0.000000980. The normalized spacial score (nSPS) is 8.53. The second-order valence-corrected chi connectivity index (χ2v) is 3.88. The van der Waals surface area contributed by atoms with Crippen LogP contribution in [-0.2, 0) is 0 Å². The molecule has 0 fully saturated rings. The van der Waals surface area contributed by atoms with E-state index in [1.807, 2.05) is 12.1 Å². The van der Waals surface area contributed by atoms with Gasteiger partial charge in [0.05, 0.1) is 0 Å². The molecule has 0 amide bonds. The van der Waals surface area contributed by atoms with Crippen molar-refractivity contribution >= 4 is 38.8 Å². The summed E-state index contributed by atoms with van der Waals surface area (Å²) in [5, 5.41) is 0. The molecule has 0 nitrogen and oxygen atoms in total. The molecule has 0 aliphatic heterocycles. The van der Waals surface area contributed by atoms with E-state index >= 15 is 0 Å². The van der Waals surface area contributed by atoms with Crippen molar-refractivity contribution in [1.29, 1.82) is 0 Å². The van der Waals surface area contributed by atoms with Gasteiger partial charge in [-0.15, -0.1) is 0 Å². The van der Waals surface area contributed by atoms with Gasteiger partial charge >= 0.3 is 0 Å². The third kappa shape index (κ3) is 4.69. The van der Waals surface area contributed by atoms with Crippen LogP contribution >= 0.6 is 38.8 Å². The smallest absolute Gasteiger partial charge is 0.0122 e. The third-order valence-corrected chi connectivity index (χ3v) is 2.74. The summed E-state index contributed by atoms with van der Waals surface area (Å²) >= 11 is 1.79. The number of benzene rings is 2. The highest BCUT2D eigenvalue weighted by Gasteiger charge is 1.93. The Morgan fingerprint density at radius 3 is 1.20 bits per heavy atom. The van der Waals surface area contributed by atoms with E-state index in [1.54, 1.807) is 11.8 Å². The summed E-state index contributed by atoms with van der Waals surface area (Å²) < 4.78 is 0. The second-order valence-electron chi connectivity index (χ2n) is 2.73. The summed E-state index contributed by atoms with van der Waals surface area (Å²) in [5.74, 6) is 0. The zero-order valence-corrected chi connectivity index (χ0v) is 11.0. The Labute approximate surface area is 109 Å². The van der Waals surface area contributed by atoms with Gasteiger partial charge in [0.1, 0.15) is 0 Å². The number of hydrogen-bond donors (Lipinski definition) is 0. The van der Waals surface area contributed by atoms with E-state index in [0.29, 0.717) is 0 Å². The Bertz CT molecular complexity index is 322. The molecular formula is C12H14S3. The summed E-state index contributed by atoms with van der Waals surface area (Å²) in [4.78, 5) is 2.57. The van der Waals surface area contributed by atoms with Gasteiger partial charge in [0, 0.05) is 9.79 Å². The first-order valence-electron chi connectivity index (χ1n) is 4.23. The van der Waals surface area contributed by atoms with Crippen molar-refractivity contribution in [2.75, 3.05) is 0 Å². The van der Waals surface area contributed by atoms with Gasteiger partial charge < -0.3 is 0 Å². The van der Waals surface area contributed by atoms with Crippen LogP contribution in [0.4, 0.5) is 0 Å². The molecule has 0 aromatic heterocycles. The predicted molar refractivity (Wildman–Crippen MR) is 77.8 cm³/mol. The standard InChI is InChI=1S/C12H10S.2H2S/c1-3-7-11(8-4-1)13-12-9-5-2-6-10-12;;/h1-10H;2*1H2. The summed E-state index contributed by atoms with van der Waals surface area (Å²) in [6.07, 6.45) is 0. The van der Waals surface area contributed by atoms with Crippen molar-refractivity contribution in [2.45, 2.75) is 9.79 Å². The maximum absolute atomic E-state index is 2.12. The Morgan fingerprint density at radius 1 is 0.533 bits per heavy atom. The van der Waals surface area contributed by atoms with Crippen molar-refractivity contribution in [1.82, 2.24) is 0 Å². The molecule has 0 unspecified atom stereocenters. The molecule has 3 heteroatoms. The average molecular weight is 254 g/mol. The number of rotatable bonds is 2. The average Bonchev–Trinajstić information content (AvgIpc) is 2.21. The van der Waals surface area contributed by atoms with E-state index in [1.165, 1.54) is 9.79 Å². The summed E-state index contributed by atoms with van der Waals surface area (Å²) in [7, 11) is 0. The van der Waals surface area contributed by atoms with Crippen molar-refractivity contribution in [2.24, 2.45) is 0 Å². The summed E-state index contributed by atoms with van der Waals surface area (Å²) in [5.41, 5.74) is 0. The van der Waals surface area contributed by atoms with Crippen LogP contribution in [0.1, 0.15) is 0 Å². The molecule has 2 aromatic carbocycles. The molecule has 0 atom stereocenters. The highest BCUT2D eigenvalue weighted by atomic mass is 32.2. The summed E-state index contributed by atoms with van der Waals surface area (Å²) in [6.45, 7) is 0. The SMILES string of the molecule is S.S.c1ccc(Sc2ccccc2)cc1. The van der Waals surface area contributed by atoms with Crippen LogP contribution in [0, 0.1) is 0 Å². The maximum Gasteiger partial charge on any atom is 0.0122 e. The molecule has 2 rings (SSSR count). The minimum absolute atomic E-state index is 0. The van der Waals surface area contributed by atoms with Gasteiger partial charge in [-0.1, -0.05) is 48.2 Å². The lowest BCUT2D eigenvalue weighted by molar-refractivity contribution is 1.41. The fourth-order valence-electron chi connectivity index (χ4n) is 1.11. The molecule has 0 radical (unpaired) electrons. The highest BCUT2D eigenvalue weighted by molar-refractivity contribution is 7.99. The Morgan fingerprint density at radius 2 is 0.867 bits per heavy atom. The van der Waals surface area contributed by atoms with E-state index in [4.69, 9.17) is 0 Å². The van der Waals surface area contributed by atoms with Gasteiger partial charge in [-0.3, -0.25) is 0 Å². The van der Waals surface area contributed by atoms with Gasteiger partial charge in [-0.25, -0.2) is 0 Å². The molecule has 0 aliphatic carbocycles. The first-order chi connectivity index (χ1) is 6.45. The molecule has 0 saturated heterocycles. The zero-order valence-electron chi connectivity index (χ0n) is 8.18. The van der Waals surface area contributed by atoms with E-state index in [-0.39, 0.29) is 27.0 Å². The predicted octanol–water partition coefficient (Wildman–Crippen LogP) is 4.06. The monoisotopic (exact) mass is 254 g/mol. The topological polar surface area (TPSA) is 0 Å². The molecule has 80 valence electrons. The minimum Gasteiger partial charge on any atom is -0.197 e. The fourth-order valence-corrected chi connectivity index (χ4v) is 1.97. The lowest BCUT2D eigenvalue weighted by atomic mass is 10.4. The number of hydrogen-bond acceptors (Lipinski definition) is 1. The maximum atomic E-state index is 2.12. The van der Waals surface area contributed by atoms with Gasteiger partial charge in [-0.05, 0) is 24.3 Å². The molecule has 0 aliphatic rings. The van der Waals surface area contributed by atoms with Crippen LogP contribution in [0.25, 0.3) is 0 Å². The van der Waals surface area contributed by atoms with Crippen molar-refractivity contribution in [3.8, 4) is 0 Å². The second kappa shape index (κ2) is 7.74. The van der Waals surface area contributed by atoms with Crippen molar-refractivity contribution in [3.63, 3.8) is 0 Å². The van der Waals surface area contributed by atoms with E-state index in [2.05, 4.69) is 48.5 Å². The quantitative estimate of drug-likeness (QED) is 0.778. The van der Waals surface area contributed by atoms with Gasteiger partial charge in [0.25, 0.3) is 0 Å². The van der Waals surface area contributed by atoms with Crippen LogP contribution in [-0.4, -0.2) is 0 Å². The third-order valence-electron chi connectivity index (χ3n) is 1.72. The van der Waals surface area contributed by atoms with Crippen LogP contribution in [0.2, 0.25) is 0 Å². The first kappa shape index (κ1) is 14.5. The Hall–Kier alpha value is -0.510. The van der Waals surface area contributed by atoms with E-state index in [9.17, 15) is 0 Å². The fraction of sp³-hybridized carbons (Fsp3) is 0. The molecule has 0 N–H and O–H groups in total. The van der Waals surface area contributed by atoms with Crippen molar-refractivity contribution < 1.29 is 0 Å². The largest absolute Gasteiger partial charge is 0.197 e. The molecule has 0 spiro atoms. The van der Waals surface area contributed by atoms with Gasteiger partial charge in [0.2, 0.25) is 0 Å². The minimum atomic E-state index is 0. The van der Waals surface area contributed by atoms with Crippen LogP contribution in [0.3, 0.4) is 0 Å². The molecule has 0 saturated carbocycles. The van der Waals surface area contributed by atoms with Crippen LogP contribution in [0.5, 0.6) is 0 Å². The molecule has 0 bridgehead atoms. The van der Waals surface area contributed by atoms with E-state index < -0.39 is 0 Å². The van der Waals surface area contributed by atoms with Gasteiger partial charge in [-0.2, -0.15) is 27.0 Å². The van der Waals surface area contributed by atoms with Crippen LogP contribution < -0.4 is 0 Å². The lowest BCUT2D eigenvalue weighted by Gasteiger charge is -1.99. The van der Waals surface area contributed by atoms with Crippen molar-refractivity contribution in [3.05, 3.63) is 60.7 Å². The summed E-state index contributed by atoms with van der Waals surface area (Å²) in [6, 6.07) is 20.8. The molecule has 15 heavy (non-hydrogen) atoms. The molecule has 0 heterocycles. The lowest BCUT2D eigenvalue weighted by Crippen LogP contribution is -1.70. The van der Waals surface area contributed by atoms with Gasteiger partial charge in [0.15, 0.2) is 0 Å². The molecular weight excluding hydrogens is 240 g/mol. The van der Waals surface area contributed by atoms with Crippen LogP contribution in [0.15, 0.2) is 70.5 Å². The molecule has 2 aromatic rings. The highest BCUT2D eigenvalue weighted by Crippen LogP contribution is 2.26. The van der Waals surface area contributed by atoms with E-state index in [0.717, 1.165) is 0 Å². The Kier molecular flexibility index (Phi) is 7.48.